The second-order valence-corrected chi connectivity index (χ2v) is 27.1. The Balaban J connectivity index is 1.02. The zero-order chi connectivity index (χ0) is 53.0. The first-order valence-electron chi connectivity index (χ1n) is 27.7. The van der Waals surface area contributed by atoms with E-state index in [9.17, 15) is 0 Å². The van der Waals surface area contributed by atoms with Crippen molar-refractivity contribution in [3.63, 3.8) is 0 Å². The predicted molar refractivity (Wildman–Crippen MR) is 320 cm³/mol. The number of ether oxygens (including phenoxy) is 1. The molecule has 0 saturated carbocycles. The summed E-state index contributed by atoms with van der Waals surface area (Å²) in [6.45, 7) is 33.0. The van der Waals surface area contributed by atoms with E-state index in [1.807, 2.05) is 0 Å². The van der Waals surface area contributed by atoms with Gasteiger partial charge in [-0.25, -0.2) is 0 Å². The minimum atomic E-state index is -0.259. The molecule has 0 atom stereocenters. The summed E-state index contributed by atoms with van der Waals surface area (Å²) in [5.41, 5.74) is 31.5. The normalized spacial score (nSPS) is 16.8. The Morgan fingerprint density at radius 3 is 0.987 bits per heavy atom. The molecule has 4 aliphatic carbocycles. The zero-order valence-corrected chi connectivity index (χ0v) is 46.9. The molecule has 0 radical (unpaired) electrons. The molecule has 14 rings (SSSR count). The first kappa shape index (κ1) is 47.1. The number of hydrogen-bond donors (Lipinski definition) is 0. The van der Waals surface area contributed by atoms with Crippen molar-refractivity contribution in [3.05, 3.63) is 219 Å². The highest BCUT2D eigenvalue weighted by Crippen LogP contribution is 2.63. The highest BCUT2D eigenvalue weighted by atomic mass is 16.5. The quantitative estimate of drug-likeness (QED) is 0.175. The number of anilines is 3. The van der Waals surface area contributed by atoms with Gasteiger partial charge in [0.2, 0.25) is 0 Å². The lowest BCUT2D eigenvalue weighted by Gasteiger charge is -2.35. The van der Waals surface area contributed by atoms with Crippen LogP contribution in [0.5, 0.6) is 11.5 Å². The standard InChI is InChI=1S/C74H69NO/c1-69(2,3)46-27-23-42(24-28-46)44-31-45(43-25-29-47(30-26-43)70(4,5)6)33-48(32-44)75-65-38-55-53-36-59-51(49-19-15-17-21-57(49)71(59,7)8)34-61(53)73(11,12)63(55)40-67(65)76-68-41-64-56(39-66(68)75)54-37-60-52(35-62(54)74(64,13)14)50-20-16-18-22-58(50)72(60,9)10/h15-41H,1-14H3. The van der Waals surface area contributed by atoms with Crippen molar-refractivity contribution in [2.45, 2.75) is 129 Å². The Labute approximate surface area is 451 Å². The molecule has 76 heavy (non-hydrogen) atoms. The van der Waals surface area contributed by atoms with Gasteiger partial charge in [-0.1, -0.05) is 194 Å². The topological polar surface area (TPSA) is 12.5 Å². The Kier molecular flexibility index (Phi) is 9.39. The number of hydrogen-bond acceptors (Lipinski definition) is 2. The molecule has 0 fully saturated rings. The lowest BCUT2D eigenvalue weighted by Crippen LogP contribution is -2.20. The van der Waals surface area contributed by atoms with Gasteiger partial charge in [-0.05, 0) is 200 Å². The summed E-state index contributed by atoms with van der Waals surface area (Å²) in [6, 6.07) is 63.7. The summed E-state index contributed by atoms with van der Waals surface area (Å²) in [4.78, 5) is 2.55. The maximum absolute atomic E-state index is 7.46. The summed E-state index contributed by atoms with van der Waals surface area (Å²) in [5.74, 6) is 1.76. The van der Waals surface area contributed by atoms with Crippen molar-refractivity contribution in [1.29, 1.82) is 0 Å². The molecule has 0 bridgehead atoms. The Morgan fingerprint density at radius 1 is 0.303 bits per heavy atom. The van der Waals surface area contributed by atoms with Crippen LogP contribution in [-0.2, 0) is 32.5 Å². The Hall–Kier alpha value is -7.42. The molecule has 9 aromatic rings. The van der Waals surface area contributed by atoms with E-state index < -0.39 is 0 Å². The third kappa shape index (κ3) is 6.46. The van der Waals surface area contributed by atoms with Crippen LogP contribution in [-0.4, -0.2) is 0 Å². The van der Waals surface area contributed by atoms with Crippen LogP contribution in [0.4, 0.5) is 17.1 Å². The van der Waals surface area contributed by atoms with Crippen LogP contribution < -0.4 is 9.64 Å². The zero-order valence-electron chi connectivity index (χ0n) is 46.9. The van der Waals surface area contributed by atoms with Gasteiger partial charge in [-0.15, -0.1) is 0 Å². The smallest absolute Gasteiger partial charge is 0.151 e. The van der Waals surface area contributed by atoms with E-state index in [0.717, 1.165) is 28.6 Å². The highest BCUT2D eigenvalue weighted by Gasteiger charge is 2.46. The first-order valence-corrected chi connectivity index (χ1v) is 27.7. The molecular formula is C74H69NO. The van der Waals surface area contributed by atoms with E-state index in [4.69, 9.17) is 4.74 Å². The summed E-state index contributed by atoms with van der Waals surface area (Å²) in [7, 11) is 0. The van der Waals surface area contributed by atoms with Gasteiger partial charge in [0.05, 0.1) is 11.4 Å². The highest BCUT2D eigenvalue weighted by molar-refractivity contribution is 5.99. The molecule has 0 amide bonds. The fraction of sp³-hybridized carbons (Fsp3) is 0.270. The van der Waals surface area contributed by atoms with Crippen LogP contribution >= 0.6 is 0 Å². The van der Waals surface area contributed by atoms with Crippen molar-refractivity contribution in [3.8, 4) is 78.3 Å². The molecule has 376 valence electrons. The lowest BCUT2D eigenvalue weighted by molar-refractivity contribution is 0.473. The first-order chi connectivity index (χ1) is 35.9. The molecule has 0 N–H and O–H groups in total. The molecule has 1 heterocycles. The van der Waals surface area contributed by atoms with Crippen molar-refractivity contribution in [2.24, 2.45) is 0 Å². The molecule has 2 heteroatoms. The second-order valence-electron chi connectivity index (χ2n) is 27.1. The van der Waals surface area contributed by atoms with Gasteiger partial charge < -0.3 is 9.64 Å². The van der Waals surface area contributed by atoms with Gasteiger partial charge in [0, 0.05) is 27.3 Å². The van der Waals surface area contributed by atoms with Gasteiger partial charge >= 0.3 is 0 Å². The third-order valence-corrected chi connectivity index (χ3v) is 19.0. The summed E-state index contributed by atoms with van der Waals surface area (Å²) >= 11 is 0. The molecule has 0 unspecified atom stereocenters. The fourth-order valence-corrected chi connectivity index (χ4v) is 14.3. The monoisotopic (exact) mass is 988 g/mol. The SMILES string of the molecule is CC(C)(C)c1ccc(-c2cc(-c3ccc(C(C)(C)C)cc3)cc(N3c4cc5c(cc4Oc4cc6c(cc43)-c3cc4c(cc3C6(C)C)-c3ccccc3C4(C)C)C(C)(C)c3cc4c(cc3-5)C(C)(C)c3ccccc3-4)c2)cc1. The minimum absolute atomic E-state index is 0.0437. The molecule has 9 aromatic carbocycles. The van der Waals surface area contributed by atoms with Crippen LogP contribution in [0.3, 0.4) is 0 Å². The predicted octanol–water partition coefficient (Wildman–Crippen LogP) is 20.4. The summed E-state index contributed by atoms with van der Waals surface area (Å²) in [6.07, 6.45) is 0. The lowest BCUT2D eigenvalue weighted by atomic mass is 9.79. The second kappa shape index (κ2) is 15.2. The van der Waals surface area contributed by atoms with E-state index in [-0.39, 0.29) is 32.5 Å². The van der Waals surface area contributed by atoms with Crippen molar-refractivity contribution in [2.75, 3.05) is 4.90 Å². The van der Waals surface area contributed by atoms with Crippen molar-refractivity contribution < 1.29 is 4.74 Å². The summed E-state index contributed by atoms with van der Waals surface area (Å²) < 4.78 is 7.46. The van der Waals surface area contributed by atoms with Crippen LogP contribution in [0, 0.1) is 0 Å². The van der Waals surface area contributed by atoms with Crippen LogP contribution in [0.1, 0.15) is 153 Å². The van der Waals surface area contributed by atoms with Crippen molar-refractivity contribution in [1.82, 2.24) is 0 Å². The molecule has 0 saturated heterocycles. The molecule has 2 nitrogen and oxygen atoms in total. The average molecular weight is 988 g/mol. The fourth-order valence-electron chi connectivity index (χ4n) is 14.3. The van der Waals surface area contributed by atoms with Crippen LogP contribution in [0.25, 0.3) is 66.8 Å². The third-order valence-electron chi connectivity index (χ3n) is 19.0. The Bertz CT molecular complexity index is 3750. The van der Waals surface area contributed by atoms with E-state index in [1.54, 1.807) is 0 Å². The van der Waals surface area contributed by atoms with E-state index >= 15 is 0 Å². The number of nitrogens with zero attached hydrogens (tertiary/aromatic N) is 1. The van der Waals surface area contributed by atoms with Crippen molar-refractivity contribution >= 4 is 17.1 Å². The molecule has 0 spiro atoms. The number of rotatable bonds is 3. The molecule has 1 aliphatic heterocycles. The Morgan fingerprint density at radius 2 is 0.618 bits per heavy atom. The summed E-state index contributed by atoms with van der Waals surface area (Å²) in [5, 5.41) is 0. The van der Waals surface area contributed by atoms with E-state index in [0.29, 0.717) is 0 Å². The van der Waals surface area contributed by atoms with Crippen LogP contribution in [0.2, 0.25) is 0 Å². The van der Waals surface area contributed by atoms with Crippen LogP contribution in [0.15, 0.2) is 164 Å². The maximum atomic E-state index is 7.46. The van der Waals surface area contributed by atoms with Gasteiger partial charge in [0.25, 0.3) is 0 Å². The van der Waals surface area contributed by atoms with Gasteiger partial charge in [-0.2, -0.15) is 0 Å². The molecule has 0 aromatic heterocycles. The van der Waals surface area contributed by atoms with Gasteiger partial charge in [0.15, 0.2) is 11.5 Å². The largest absolute Gasteiger partial charge is 0.453 e. The average Bonchev–Trinajstić information content (AvgIpc) is 4.01. The maximum Gasteiger partial charge on any atom is 0.151 e. The van der Waals surface area contributed by atoms with Gasteiger partial charge in [-0.3, -0.25) is 0 Å². The molecular weight excluding hydrogens is 919 g/mol. The van der Waals surface area contributed by atoms with Gasteiger partial charge in [0.1, 0.15) is 0 Å². The van der Waals surface area contributed by atoms with E-state index in [2.05, 4.69) is 266 Å². The number of fused-ring (bicyclic) bond motifs is 14. The number of benzene rings is 9. The molecule has 5 aliphatic rings. The van der Waals surface area contributed by atoms with E-state index in [1.165, 1.54) is 122 Å². The minimum Gasteiger partial charge on any atom is -0.453 e.